The van der Waals surface area contributed by atoms with Crippen LogP contribution in [0.25, 0.3) is 6.08 Å². The van der Waals surface area contributed by atoms with Gasteiger partial charge in [0, 0.05) is 17.7 Å². The molecule has 0 unspecified atom stereocenters. The maximum atomic E-state index is 14.1. The number of ether oxygens (including phenoxy) is 4. The molecule has 4 rings (SSSR count). The number of carbonyl (C=O) groups is 2. The van der Waals surface area contributed by atoms with Crippen LogP contribution in [0.5, 0.6) is 23.0 Å². The monoisotopic (exact) mass is 454 g/mol. The van der Waals surface area contributed by atoms with Crippen LogP contribution in [-0.4, -0.2) is 26.0 Å². The van der Waals surface area contributed by atoms with Crippen LogP contribution in [-0.2, 0) is 0 Å². The zero-order valence-corrected chi connectivity index (χ0v) is 17.7. The molecule has 3 aromatic carbocycles. The van der Waals surface area contributed by atoms with Crippen molar-refractivity contribution in [3.8, 4) is 23.0 Å². The predicted molar refractivity (Wildman–Crippen MR) is 115 cm³/mol. The fraction of sp³-hybridized carbons (Fsp3) is 0.0833. The van der Waals surface area contributed by atoms with Gasteiger partial charge in [-0.3, -0.25) is 4.79 Å². The lowest BCUT2D eigenvalue weighted by Gasteiger charge is -2.09. The van der Waals surface area contributed by atoms with Gasteiger partial charge >= 0.3 is 5.97 Å². The quantitative estimate of drug-likeness (QED) is 0.295. The molecule has 1 aliphatic heterocycles. The molecule has 6 nitrogen and oxygen atoms in total. The summed E-state index contributed by atoms with van der Waals surface area (Å²) in [4.78, 5) is 25.2. The summed E-state index contributed by atoms with van der Waals surface area (Å²) in [6, 6.07) is 13.2. The Kier molecular flexibility index (Phi) is 5.83. The molecule has 162 valence electrons. The molecule has 0 radical (unpaired) electrons. The van der Waals surface area contributed by atoms with E-state index in [2.05, 4.69) is 0 Å². The number of hydrogen-bond donors (Lipinski definition) is 0. The molecule has 32 heavy (non-hydrogen) atoms. The van der Waals surface area contributed by atoms with Gasteiger partial charge in [0.15, 0.2) is 5.76 Å². The van der Waals surface area contributed by atoms with Crippen LogP contribution in [0.15, 0.2) is 60.4 Å². The fourth-order valence-corrected chi connectivity index (χ4v) is 3.32. The van der Waals surface area contributed by atoms with Crippen LogP contribution < -0.4 is 18.9 Å². The number of ketones is 1. The van der Waals surface area contributed by atoms with Gasteiger partial charge in [-0.1, -0.05) is 17.7 Å². The van der Waals surface area contributed by atoms with Crippen molar-refractivity contribution in [3.63, 3.8) is 0 Å². The first-order valence-electron chi connectivity index (χ1n) is 9.37. The molecule has 0 saturated carbocycles. The first-order chi connectivity index (χ1) is 15.4. The Morgan fingerprint density at radius 2 is 1.72 bits per heavy atom. The van der Waals surface area contributed by atoms with Gasteiger partial charge in [0.1, 0.15) is 28.8 Å². The SMILES string of the molecule is COc1cc(OC)cc(C(=O)Oc2ccc3c(c2)O/C(=C\c2c(F)cccc2Cl)C3=O)c1. The van der Waals surface area contributed by atoms with Crippen LogP contribution >= 0.6 is 11.6 Å². The molecule has 0 atom stereocenters. The van der Waals surface area contributed by atoms with Crippen molar-refractivity contribution in [2.45, 2.75) is 0 Å². The lowest BCUT2D eigenvalue weighted by Crippen LogP contribution is -2.09. The van der Waals surface area contributed by atoms with Crippen LogP contribution in [0.1, 0.15) is 26.3 Å². The van der Waals surface area contributed by atoms with E-state index in [1.165, 1.54) is 68.8 Å². The molecule has 0 fully saturated rings. The van der Waals surface area contributed by atoms with Gasteiger partial charge in [-0.05, 0) is 42.5 Å². The molecular weight excluding hydrogens is 439 g/mol. The Labute approximate surface area is 187 Å². The summed E-state index contributed by atoms with van der Waals surface area (Å²) >= 11 is 6.02. The summed E-state index contributed by atoms with van der Waals surface area (Å²) in [6.07, 6.45) is 1.24. The molecule has 0 bridgehead atoms. The van der Waals surface area contributed by atoms with E-state index < -0.39 is 17.6 Å². The summed E-state index contributed by atoms with van der Waals surface area (Å²) in [5.41, 5.74) is 0.518. The highest BCUT2D eigenvalue weighted by atomic mass is 35.5. The van der Waals surface area contributed by atoms with Gasteiger partial charge in [0.25, 0.3) is 0 Å². The molecule has 0 aliphatic carbocycles. The third-order valence-electron chi connectivity index (χ3n) is 4.71. The lowest BCUT2D eigenvalue weighted by molar-refractivity contribution is 0.0733. The second-order valence-electron chi connectivity index (χ2n) is 6.72. The van der Waals surface area contributed by atoms with Crippen molar-refractivity contribution in [1.29, 1.82) is 0 Å². The van der Waals surface area contributed by atoms with E-state index in [9.17, 15) is 14.0 Å². The number of benzene rings is 3. The molecule has 3 aromatic rings. The first kappa shape index (κ1) is 21.4. The molecule has 1 heterocycles. The molecule has 0 saturated heterocycles. The van der Waals surface area contributed by atoms with Crippen molar-refractivity contribution in [2.75, 3.05) is 14.2 Å². The Bertz CT molecular complexity index is 1220. The van der Waals surface area contributed by atoms with Gasteiger partial charge in [-0.25, -0.2) is 9.18 Å². The first-order valence-corrected chi connectivity index (χ1v) is 9.75. The van der Waals surface area contributed by atoms with Gasteiger partial charge < -0.3 is 18.9 Å². The van der Waals surface area contributed by atoms with E-state index in [1.807, 2.05) is 0 Å². The average Bonchev–Trinajstić information content (AvgIpc) is 3.10. The molecule has 0 aromatic heterocycles. The zero-order valence-electron chi connectivity index (χ0n) is 17.0. The van der Waals surface area contributed by atoms with Crippen molar-refractivity contribution >= 4 is 29.4 Å². The van der Waals surface area contributed by atoms with Gasteiger partial charge in [0.2, 0.25) is 5.78 Å². The molecular formula is C24H16ClFO6. The highest BCUT2D eigenvalue weighted by Crippen LogP contribution is 2.36. The Balaban J connectivity index is 1.58. The second kappa shape index (κ2) is 8.72. The number of rotatable bonds is 5. The standard InChI is InChI=1S/C24H16ClFO6/c1-29-15-8-13(9-16(10-15)30-2)24(28)31-14-6-7-17-21(11-14)32-22(23(17)27)12-18-19(25)4-3-5-20(18)26/h3-12H,1-2H3/b22-12-. The molecule has 8 heteroatoms. The minimum Gasteiger partial charge on any atom is -0.497 e. The summed E-state index contributed by atoms with van der Waals surface area (Å²) in [5, 5.41) is 0.146. The third-order valence-corrected chi connectivity index (χ3v) is 5.04. The van der Waals surface area contributed by atoms with Crippen molar-refractivity contribution < 1.29 is 32.9 Å². The minimum absolute atomic E-state index is 0.0453. The van der Waals surface area contributed by atoms with Crippen LogP contribution in [0.3, 0.4) is 0 Å². The number of methoxy groups -OCH3 is 2. The summed E-state index contributed by atoms with van der Waals surface area (Å²) in [6.45, 7) is 0. The second-order valence-corrected chi connectivity index (χ2v) is 7.13. The third kappa shape index (κ3) is 4.15. The average molecular weight is 455 g/mol. The van der Waals surface area contributed by atoms with Gasteiger partial charge in [-0.15, -0.1) is 0 Å². The predicted octanol–water partition coefficient (Wildman–Crippen LogP) is 5.33. The van der Waals surface area contributed by atoms with E-state index in [-0.39, 0.29) is 39.0 Å². The van der Waals surface area contributed by atoms with Crippen LogP contribution in [0, 0.1) is 5.82 Å². The molecule has 1 aliphatic rings. The number of esters is 1. The highest BCUT2D eigenvalue weighted by molar-refractivity contribution is 6.32. The van der Waals surface area contributed by atoms with E-state index in [4.69, 9.17) is 30.5 Å². The van der Waals surface area contributed by atoms with Gasteiger partial charge in [0.05, 0.1) is 30.4 Å². The van der Waals surface area contributed by atoms with Crippen molar-refractivity contribution in [3.05, 3.63) is 87.9 Å². The van der Waals surface area contributed by atoms with E-state index >= 15 is 0 Å². The topological polar surface area (TPSA) is 71.1 Å². The number of Topliss-reactive ketones (excluding diaryl/α,β-unsaturated/α-hetero) is 1. The lowest BCUT2D eigenvalue weighted by atomic mass is 10.1. The number of carbonyl (C=O) groups excluding carboxylic acids is 2. The van der Waals surface area contributed by atoms with Crippen LogP contribution in [0.4, 0.5) is 4.39 Å². The maximum absolute atomic E-state index is 14.1. The molecule has 0 spiro atoms. The Morgan fingerprint density at radius 1 is 1.00 bits per heavy atom. The summed E-state index contributed by atoms with van der Waals surface area (Å²) in [7, 11) is 2.94. The molecule has 0 N–H and O–H groups in total. The zero-order chi connectivity index (χ0) is 22.8. The number of halogens is 2. The highest BCUT2D eigenvalue weighted by Gasteiger charge is 2.29. The Morgan fingerprint density at radius 3 is 2.38 bits per heavy atom. The van der Waals surface area contributed by atoms with Crippen molar-refractivity contribution in [1.82, 2.24) is 0 Å². The number of allylic oxidation sites excluding steroid dienone is 1. The van der Waals surface area contributed by atoms with E-state index in [0.717, 1.165) is 0 Å². The van der Waals surface area contributed by atoms with E-state index in [1.54, 1.807) is 6.07 Å². The summed E-state index contributed by atoms with van der Waals surface area (Å²) < 4.78 is 35.4. The minimum atomic E-state index is -0.652. The van der Waals surface area contributed by atoms with Crippen LogP contribution in [0.2, 0.25) is 5.02 Å². The smallest absolute Gasteiger partial charge is 0.343 e. The fourth-order valence-electron chi connectivity index (χ4n) is 3.10. The number of fused-ring (bicyclic) bond motifs is 1. The largest absolute Gasteiger partial charge is 0.497 e. The van der Waals surface area contributed by atoms with Gasteiger partial charge in [-0.2, -0.15) is 0 Å². The molecule has 0 amide bonds. The Hall–Kier alpha value is -3.84. The van der Waals surface area contributed by atoms with E-state index in [0.29, 0.717) is 11.5 Å². The number of hydrogen-bond acceptors (Lipinski definition) is 6. The normalized spacial score (nSPS) is 13.5. The summed E-state index contributed by atoms with van der Waals surface area (Å²) in [5.74, 6) is -0.555. The maximum Gasteiger partial charge on any atom is 0.343 e. The van der Waals surface area contributed by atoms with Crippen molar-refractivity contribution in [2.24, 2.45) is 0 Å².